The zero-order valence-electron chi connectivity index (χ0n) is 18.9. The molecule has 0 fully saturated rings. The fourth-order valence-electron chi connectivity index (χ4n) is 4.11. The van der Waals surface area contributed by atoms with Gasteiger partial charge < -0.3 is 9.64 Å². The van der Waals surface area contributed by atoms with Crippen LogP contribution in [0, 0.1) is 0 Å². The summed E-state index contributed by atoms with van der Waals surface area (Å²) in [5.74, 6) is 0.381. The number of halogens is 1. The van der Waals surface area contributed by atoms with Crippen molar-refractivity contribution in [2.24, 2.45) is 7.05 Å². The van der Waals surface area contributed by atoms with E-state index in [0.717, 1.165) is 10.8 Å². The van der Waals surface area contributed by atoms with E-state index in [1.807, 2.05) is 49.4 Å². The van der Waals surface area contributed by atoms with Gasteiger partial charge in [-0.3, -0.25) is 14.2 Å². The van der Waals surface area contributed by atoms with Crippen molar-refractivity contribution in [2.75, 3.05) is 20.3 Å². The van der Waals surface area contributed by atoms with Crippen molar-refractivity contribution in [1.82, 2.24) is 14.5 Å². The predicted molar refractivity (Wildman–Crippen MR) is 132 cm³/mol. The molecule has 0 spiro atoms. The lowest BCUT2D eigenvalue weighted by Crippen LogP contribution is -2.38. The number of nitrogens with zero attached hydrogens (tertiary/aromatic N) is 3. The van der Waals surface area contributed by atoms with Crippen LogP contribution in [0.2, 0.25) is 5.02 Å². The number of benzene rings is 3. The van der Waals surface area contributed by atoms with Crippen LogP contribution in [-0.2, 0) is 11.8 Å². The highest BCUT2D eigenvalue weighted by Gasteiger charge is 2.26. The Morgan fingerprint density at radius 2 is 1.88 bits per heavy atom. The van der Waals surface area contributed by atoms with Crippen molar-refractivity contribution >= 4 is 39.2 Å². The number of hydrogen-bond acceptors (Lipinski definition) is 4. The van der Waals surface area contributed by atoms with E-state index in [2.05, 4.69) is 0 Å². The molecule has 0 saturated carbocycles. The van der Waals surface area contributed by atoms with Gasteiger partial charge in [0, 0.05) is 37.9 Å². The molecule has 0 aliphatic carbocycles. The Hall–Kier alpha value is -3.22. The summed E-state index contributed by atoms with van der Waals surface area (Å²) in [6, 6.07) is 18.2. The second-order valence-electron chi connectivity index (χ2n) is 8.08. The second kappa shape index (κ2) is 9.73. The molecule has 0 aliphatic rings. The van der Waals surface area contributed by atoms with Gasteiger partial charge in [-0.15, -0.1) is 0 Å². The van der Waals surface area contributed by atoms with E-state index < -0.39 is 6.04 Å². The van der Waals surface area contributed by atoms with Crippen LogP contribution >= 0.6 is 11.6 Å². The summed E-state index contributed by atoms with van der Waals surface area (Å²) in [5.41, 5.74) is 0.933. The highest BCUT2D eigenvalue weighted by atomic mass is 35.5. The summed E-state index contributed by atoms with van der Waals surface area (Å²) in [6.45, 7) is 2.88. The fraction of sp³-hybridized carbons (Fsp3) is 0.269. The zero-order valence-corrected chi connectivity index (χ0v) is 19.7. The minimum Gasteiger partial charge on any atom is -0.385 e. The molecule has 0 aliphatic heterocycles. The molecule has 7 heteroatoms. The van der Waals surface area contributed by atoms with Gasteiger partial charge >= 0.3 is 0 Å². The number of rotatable bonds is 7. The van der Waals surface area contributed by atoms with E-state index in [4.69, 9.17) is 21.3 Å². The first-order valence-electron chi connectivity index (χ1n) is 10.9. The summed E-state index contributed by atoms with van der Waals surface area (Å²) in [4.78, 5) is 33.1. The van der Waals surface area contributed by atoms with Crippen LogP contribution in [-0.4, -0.2) is 40.6 Å². The zero-order chi connectivity index (χ0) is 23.5. The maximum atomic E-state index is 13.7. The lowest BCUT2D eigenvalue weighted by atomic mass is 10.1. The maximum Gasteiger partial charge on any atom is 0.261 e. The van der Waals surface area contributed by atoms with Gasteiger partial charge in [-0.1, -0.05) is 41.9 Å². The van der Waals surface area contributed by atoms with Crippen LogP contribution < -0.4 is 5.56 Å². The van der Waals surface area contributed by atoms with E-state index in [1.165, 1.54) is 4.57 Å². The topological polar surface area (TPSA) is 64.4 Å². The Labute approximate surface area is 197 Å². The lowest BCUT2D eigenvalue weighted by Gasteiger charge is -2.30. The Bertz CT molecular complexity index is 1380. The van der Waals surface area contributed by atoms with Crippen LogP contribution in [0.25, 0.3) is 21.7 Å². The fourth-order valence-corrected chi connectivity index (χ4v) is 4.28. The Kier molecular flexibility index (Phi) is 6.77. The van der Waals surface area contributed by atoms with Gasteiger partial charge in [0.25, 0.3) is 11.5 Å². The molecular formula is C26H26ClN3O3. The van der Waals surface area contributed by atoms with Crippen molar-refractivity contribution in [2.45, 2.75) is 19.4 Å². The van der Waals surface area contributed by atoms with Crippen molar-refractivity contribution < 1.29 is 9.53 Å². The lowest BCUT2D eigenvalue weighted by molar-refractivity contribution is 0.0656. The number of hydrogen-bond donors (Lipinski definition) is 0. The third-order valence-electron chi connectivity index (χ3n) is 5.92. The quantitative estimate of drug-likeness (QED) is 0.362. The molecule has 1 heterocycles. The van der Waals surface area contributed by atoms with Gasteiger partial charge in [0.1, 0.15) is 5.82 Å². The standard InChI is InChI=1S/C26H26ClN3O3/c1-17(24-28-23-16-21(27)11-12-22(23)26(32)29(24)2)30(13-6-14-33-3)25(31)20-10-9-18-7-4-5-8-19(18)15-20/h4-5,7-12,15-17H,6,13-14H2,1-3H3. The van der Waals surface area contributed by atoms with Crippen molar-refractivity contribution in [3.05, 3.63) is 87.4 Å². The van der Waals surface area contributed by atoms with Gasteiger partial charge in [-0.25, -0.2) is 4.98 Å². The first kappa shape index (κ1) is 23.0. The Morgan fingerprint density at radius 1 is 1.12 bits per heavy atom. The highest BCUT2D eigenvalue weighted by Crippen LogP contribution is 2.25. The van der Waals surface area contributed by atoms with E-state index in [1.54, 1.807) is 37.3 Å². The largest absolute Gasteiger partial charge is 0.385 e. The summed E-state index contributed by atoms with van der Waals surface area (Å²) in [6.07, 6.45) is 0.660. The number of carbonyl (C=O) groups is 1. The molecule has 3 aromatic carbocycles. The molecule has 4 rings (SSSR count). The Morgan fingerprint density at radius 3 is 2.64 bits per heavy atom. The van der Waals surface area contributed by atoms with Gasteiger partial charge in [0.15, 0.2) is 0 Å². The molecule has 33 heavy (non-hydrogen) atoms. The molecule has 6 nitrogen and oxygen atoms in total. The number of carbonyl (C=O) groups excluding carboxylic acids is 1. The molecule has 0 saturated heterocycles. The van der Waals surface area contributed by atoms with E-state index in [0.29, 0.717) is 46.9 Å². The average molecular weight is 464 g/mol. The third kappa shape index (κ3) is 4.63. The number of methoxy groups -OCH3 is 1. The molecule has 1 aromatic heterocycles. The van der Waals surface area contributed by atoms with Gasteiger partial charge in [0.05, 0.1) is 16.9 Å². The van der Waals surface area contributed by atoms with E-state index >= 15 is 0 Å². The first-order valence-corrected chi connectivity index (χ1v) is 11.2. The molecule has 170 valence electrons. The molecule has 0 radical (unpaired) electrons. The van der Waals surface area contributed by atoms with Crippen LogP contribution in [0.5, 0.6) is 0 Å². The van der Waals surface area contributed by atoms with Crippen LogP contribution in [0.4, 0.5) is 0 Å². The predicted octanol–water partition coefficient (Wildman–Crippen LogP) is 4.98. The maximum absolute atomic E-state index is 13.7. The SMILES string of the molecule is COCCCN(C(=O)c1ccc2ccccc2c1)C(C)c1nc2cc(Cl)ccc2c(=O)n1C. The summed E-state index contributed by atoms with van der Waals surface area (Å²) in [5, 5.41) is 3.07. The summed E-state index contributed by atoms with van der Waals surface area (Å²) >= 11 is 6.14. The molecule has 0 N–H and O–H groups in total. The van der Waals surface area contributed by atoms with Crippen molar-refractivity contribution in [3.8, 4) is 0 Å². The average Bonchev–Trinajstić information content (AvgIpc) is 2.83. The molecule has 4 aromatic rings. The molecule has 1 atom stereocenters. The number of amides is 1. The smallest absolute Gasteiger partial charge is 0.261 e. The highest BCUT2D eigenvalue weighted by molar-refractivity contribution is 6.31. The molecular weight excluding hydrogens is 438 g/mol. The minimum atomic E-state index is -0.443. The third-order valence-corrected chi connectivity index (χ3v) is 6.15. The van der Waals surface area contributed by atoms with Crippen LogP contribution in [0.1, 0.15) is 35.6 Å². The first-order chi connectivity index (χ1) is 15.9. The second-order valence-corrected chi connectivity index (χ2v) is 8.51. The van der Waals surface area contributed by atoms with Gasteiger partial charge in [-0.2, -0.15) is 0 Å². The van der Waals surface area contributed by atoms with E-state index in [-0.39, 0.29) is 11.5 Å². The van der Waals surface area contributed by atoms with E-state index in [9.17, 15) is 9.59 Å². The normalized spacial score (nSPS) is 12.2. The molecule has 1 amide bonds. The van der Waals surface area contributed by atoms with Crippen molar-refractivity contribution in [3.63, 3.8) is 0 Å². The molecule has 0 bridgehead atoms. The molecule has 1 unspecified atom stereocenters. The summed E-state index contributed by atoms with van der Waals surface area (Å²) in [7, 11) is 3.32. The van der Waals surface area contributed by atoms with Crippen molar-refractivity contribution in [1.29, 1.82) is 0 Å². The van der Waals surface area contributed by atoms with Gasteiger partial charge in [-0.05, 0) is 54.4 Å². The summed E-state index contributed by atoms with van der Waals surface area (Å²) < 4.78 is 6.72. The number of aromatic nitrogens is 2. The van der Waals surface area contributed by atoms with Crippen LogP contribution in [0.3, 0.4) is 0 Å². The monoisotopic (exact) mass is 463 g/mol. The number of fused-ring (bicyclic) bond motifs is 2. The minimum absolute atomic E-state index is 0.121. The Balaban J connectivity index is 1.76. The van der Waals surface area contributed by atoms with Gasteiger partial charge in [0.2, 0.25) is 0 Å². The van der Waals surface area contributed by atoms with Crippen LogP contribution in [0.15, 0.2) is 65.5 Å². The number of ether oxygens (including phenoxy) is 1.